The first-order valence-electron chi connectivity index (χ1n) is 7.50. The lowest BCUT2D eigenvalue weighted by molar-refractivity contribution is 0.599. The maximum absolute atomic E-state index is 14.3. The molecule has 2 saturated carbocycles. The van der Waals surface area contributed by atoms with Crippen molar-refractivity contribution in [3.63, 3.8) is 0 Å². The van der Waals surface area contributed by atoms with E-state index in [1.807, 2.05) is 6.07 Å². The average molecular weight is 262 g/mol. The topological polar surface area (TPSA) is 29.3 Å². The molecule has 0 saturated heterocycles. The Balaban J connectivity index is 1.85. The number of para-hydroxylation sites is 1. The number of nitrogens with two attached hydrogens (primary N) is 1. The molecule has 104 valence electrons. The third-order valence-corrected chi connectivity index (χ3v) is 4.15. The first-order chi connectivity index (χ1) is 9.28. The number of halogens is 1. The summed E-state index contributed by atoms with van der Waals surface area (Å²) in [5.74, 6) is 1.49. The Morgan fingerprint density at radius 2 is 1.74 bits per heavy atom. The van der Waals surface area contributed by atoms with Crippen LogP contribution in [0.1, 0.15) is 31.2 Å². The Kier molecular flexibility index (Phi) is 3.74. The van der Waals surface area contributed by atoms with Gasteiger partial charge in [-0.05, 0) is 62.1 Å². The van der Waals surface area contributed by atoms with E-state index in [9.17, 15) is 4.39 Å². The molecular weight excluding hydrogens is 239 g/mol. The summed E-state index contributed by atoms with van der Waals surface area (Å²) in [7, 11) is 0. The zero-order valence-corrected chi connectivity index (χ0v) is 11.4. The lowest BCUT2D eigenvalue weighted by Gasteiger charge is -2.27. The Morgan fingerprint density at radius 1 is 1.11 bits per heavy atom. The molecule has 0 radical (unpaired) electrons. The molecular formula is C16H23FN2. The molecule has 2 N–H and O–H groups in total. The largest absolute Gasteiger partial charge is 0.368 e. The molecule has 0 aliphatic heterocycles. The number of anilines is 1. The zero-order valence-electron chi connectivity index (χ0n) is 11.4. The SMILES string of the molecule is NCCc1cccc(F)c1N(CC1CC1)CC1CC1. The summed E-state index contributed by atoms with van der Waals surface area (Å²) in [4.78, 5) is 2.30. The maximum Gasteiger partial charge on any atom is 0.146 e. The van der Waals surface area contributed by atoms with Crippen molar-refractivity contribution >= 4 is 5.69 Å². The number of hydrogen-bond acceptors (Lipinski definition) is 2. The van der Waals surface area contributed by atoms with Gasteiger partial charge in [0.25, 0.3) is 0 Å². The van der Waals surface area contributed by atoms with Gasteiger partial charge in [0.2, 0.25) is 0 Å². The fraction of sp³-hybridized carbons (Fsp3) is 0.625. The quantitative estimate of drug-likeness (QED) is 0.818. The summed E-state index contributed by atoms with van der Waals surface area (Å²) in [6.45, 7) is 2.63. The van der Waals surface area contributed by atoms with Crippen LogP contribution in [-0.4, -0.2) is 19.6 Å². The van der Waals surface area contributed by atoms with Crippen molar-refractivity contribution in [3.8, 4) is 0 Å². The highest BCUT2D eigenvalue weighted by molar-refractivity contribution is 5.55. The van der Waals surface area contributed by atoms with Gasteiger partial charge in [-0.25, -0.2) is 4.39 Å². The Morgan fingerprint density at radius 3 is 2.26 bits per heavy atom. The van der Waals surface area contributed by atoms with E-state index < -0.39 is 0 Å². The molecule has 0 aromatic heterocycles. The van der Waals surface area contributed by atoms with E-state index in [1.165, 1.54) is 25.7 Å². The number of rotatable bonds is 7. The number of nitrogens with zero attached hydrogens (tertiary/aromatic N) is 1. The maximum atomic E-state index is 14.3. The van der Waals surface area contributed by atoms with E-state index >= 15 is 0 Å². The van der Waals surface area contributed by atoms with Crippen molar-refractivity contribution in [1.29, 1.82) is 0 Å². The van der Waals surface area contributed by atoms with Gasteiger partial charge in [-0.15, -0.1) is 0 Å². The van der Waals surface area contributed by atoms with Crippen LogP contribution in [0.5, 0.6) is 0 Å². The molecule has 0 heterocycles. The molecule has 1 aromatic rings. The van der Waals surface area contributed by atoms with E-state index in [2.05, 4.69) is 4.90 Å². The second kappa shape index (κ2) is 5.49. The predicted octanol–water partition coefficient (Wildman–Crippen LogP) is 2.95. The smallest absolute Gasteiger partial charge is 0.146 e. The van der Waals surface area contributed by atoms with Gasteiger partial charge in [-0.1, -0.05) is 12.1 Å². The van der Waals surface area contributed by atoms with Gasteiger partial charge in [0.1, 0.15) is 5.82 Å². The highest BCUT2D eigenvalue weighted by Crippen LogP contribution is 2.37. The van der Waals surface area contributed by atoms with Crippen LogP contribution in [-0.2, 0) is 6.42 Å². The molecule has 0 bridgehead atoms. The minimum absolute atomic E-state index is 0.0766. The lowest BCUT2D eigenvalue weighted by atomic mass is 10.1. The van der Waals surface area contributed by atoms with Crippen LogP contribution in [0.2, 0.25) is 0 Å². The van der Waals surface area contributed by atoms with Gasteiger partial charge in [-0.3, -0.25) is 0 Å². The van der Waals surface area contributed by atoms with Gasteiger partial charge in [0.05, 0.1) is 5.69 Å². The van der Waals surface area contributed by atoms with E-state index in [0.29, 0.717) is 6.54 Å². The standard InChI is InChI=1S/C16H23FN2/c17-15-3-1-2-14(8-9-18)16(15)19(10-12-4-5-12)11-13-6-7-13/h1-3,12-13H,4-11,18H2. The van der Waals surface area contributed by atoms with Crippen molar-refractivity contribution in [1.82, 2.24) is 0 Å². The molecule has 2 aliphatic carbocycles. The second-order valence-corrected chi connectivity index (χ2v) is 6.08. The molecule has 2 fully saturated rings. The predicted molar refractivity (Wildman–Crippen MR) is 76.8 cm³/mol. The zero-order chi connectivity index (χ0) is 13.2. The van der Waals surface area contributed by atoms with Crippen molar-refractivity contribution in [2.75, 3.05) is 24.5 Å². The van der Waals surface area contributed by atoms with Crippen LogP contribution < -0.4 is 10.6 Å². The summed E-state index contributed by atoms with van der Waals surface area (Å²) in [6, 6.07) is 5.41. The fourth-order valence-electron chi connectivity index (χ4n) is 2.75. The van der Waals surface area contributed by atoms with Crippen molar-refractivity contribution < 1.29 is 4.39 Å². The first kappa shape index (κ1) is 12.9. The molecule has 3 rings (SSSR count). The summed E-state index contributed by atoms with van der Waals surface area (Å²) >= 11 is 0. The Hall–Kier alpha value is -1.09. The van der Waals surface area contributed by atoms with Gasteiger partial charge < -0.3 is 10.6 Å². The van der Waals surface area contributed by atoms with Gasteiger partial charge in [0, 0.05) is 13.1 Å². The number of benzene rings is 1. The van der Waals surface area contributed by atoms with Crippen LogP contribution >= 0.6 is 0 Å². The van der Waals surface area contributed by atoms with Gasteiger partial charge in [0.15, 0.2) is 0 Å². The average Bonchev–Trinajstić information content (AvgIpc) is 3.24. The molecule has 0 amide bonds. The van der Waals surface area contributed by atoms with Gasteiger partial charge in [-0.2, -0.15) is 0 Å². The highest BCUT2D eigenvalue weighted by Gasteiger charge is 2.31. The molecule has 0 atom stereocenters. The monoisotopic (exact) mass is 262 g/mol. The Labute approximate surface area is 114 Å². The number of hydrogen-bond donors (Lipinski definition) is 1. The van der Waals surface area contributed by atoms with E-state index in [1.54, 1.807) is 12.1 Å². The molecule has 0 spiro atoms. The Bertz CT molecular complexity index is 424. The van der Waals surface area contributed by atoms with Crippen molar-refractivity contribution in [3.05, 3.63) is 29.6 Å². The van der Waals surface area contributed by atoms with Crippen LogP contribution in [0.25, 0.3) is 0 Å². The van der Waals surface area contributed by atoms with E-state index in [-0.39, 0.29) is 5.82 Å². The minimum atomic E-state index is -0.0766. The summed E-state index contributed by atoms with van der Waals surface area (Å²) < 4.78 is 14.3. The summed E-state index contributed by atoms with van der Waals surface area (Å²) in [6.07, 6.45) is 5.99. The minimum Gasteiger partial charge on any atom is -0.368 e. The van der Waals surface area contributed by atoms with Crippen LogP contribution in [0.3, 0.4) is 0 Å². The molecule has 0 unspecified atom stereocenters. The van der Waals surface area contributed by atoms with Crippen LogP contribution in [0.15, 0.2) is 18.2 Å². The molecule has 3 heteroatoms. The van der Waals surface area contributed by atoms with Crippen LogP contribution in [0.4, 0.5) is 10.1 Å². The summed E-state index contributed by atoms with van der Waals surface area (Å²) in [5.41, 5.74) is 7.56. The lowest BCUT2D eigenvalue weighted by Crippen LogP contribution is -2.30. The van der Waals surface area contributed by atoms with Crippen LogP contribution in [0, 0.1) is 17.7 Å². The second-order valence-electron chi connectivity index (χ2n) is 6.08. The van der Waals surface area contributed by atoms with Gasteiger partial charge >= 0.3 is 0 Å². The van der Waals surface area contributed by atoms with Crippen molar-refractivity contribution in [2.45, 2.75) is 32.1 Å². The molecule has 2 nitrogen and oxygen atoms in total. The third kappa shape index (κ3) is 3.27. The summed E-state index contributed by atoms with van der Waals surface area (Å²) in [5, 5.41) is 0. The fourth-order valence-corrected chi connectivity index (χ4v) is 2.75. The highest BCUT2D eigenvalue weighted by atomic mass is 19.1. The van der Waals surface area contributed by atoms with Crippen molar-refractivity contribution in [2.24, 2.45) is 17.6 Å². The molecule has 19 heavy (non-hydrogen) atoms. The molecule has 2 aliphatic rings. The van der Waals surface area contributed by atoms with E-state index in [4.69, 9.17) is 5.73 Å². The normalized spacial score (nSPS) is 18.6. The third-order valence-electron chi connectivity index (χ3n) is 4.15. The first-order valence-corrected chi connectivity index (χ1v) is 7.50. The van der Waals surface area contributed by atoms with E-state index in [0.717, 1.165) is 42.6 Å². The molecule has 1 aromatic carbocycles.